The molecule has 9 heteroatoms. The number of nitrogens with zero attached hydrogens (tertiary/aromatic N) is 2. The molecule has 2 N–H and O–H groups in total. The van der Waals surface area contributed by atoms with E-state index in [-0.39, 0.29) is 23.3 Å². The number of aromatic carboxylic acids is 1. The number of rotatable bonds is 5. The standard InChI is InChI=1S/C25H18ClN3O5/c1-34-16-6-4-5-14(11-16)13-28-20-10-9-15(26)12-18(20)21(22(28)24(31)32)29-23(30)17-7-2-3-8-19(17)27-25(29)33/h2-12H,13H2,1H3,(H,27,33)(H,31,32). The molecule has 0 spiro atoms. The molecule has 0 amide bonds. The van der Waals surface area contributed by atoms with Gasteiger partial charge in [-0.1, -0.05) is 35.9 Å². The highest BCUT2D eigenvalue weighted by Gasteiger charge is 2.27. The van der Waals surface area contributed by atoms with Gasteiger partial charge < -0.3 is 19.4 Å². The Kier molecular flexibility index (Phi) is 5.22. The first kappa shape index (κ1) is 21.5. The fourth-order valence-corrected chi connectivity index (χ4v) is 4.41. The summed E-state index contributed by atoms with van der Waals surface area (Å²) in [5, 5.41) is 11.2. The van der Waals surface area contributed by atoms with Crippen LogP contribution in [0.3, 0.4) is 0 Å². The molecule has 0 atom stereocenters. The molecule has 0 saturated heterocycles. The number of halogens is 1. The summed E-state index contributed by atoms with van der Waals surface area (Å²) in [6.45, 7) is 0.164. The Morgan fingerprint density at radius 2 is 1.82 bits per heavy atom. The summed E-state index contributed by atoms with van der Waals surface area (Å²) >= 11 is 6.25. The lowest BCUT2D eigenvalue weighted by molar-refractivity contribution is 0.0686. The van der Waals surface area contributed by atoms with E-state index in [1.54, 1.807) is 72.3 Å². The van der Waals surface area contributed by atoms with Gasteiger partial charge in [-0.15, -0.1) is 0 Å². The Hall–Kier alpha value is -4.30. The molecule has 0 aliphatic carbocycles. The van der Waals surface area contributed by atoms with Crippen molar-refractivity contribution in [3.63, 3.8) is 0 Å². The monoisotopic (exact) mass is 475 g/mol. The van der Waals surface area contributed by atoms with E-state index in [4.69, 9.17) is 16.3 Å². The van der Waals surface area contributed by atoms with Crippen molar-refractivity contribution in [1.82, 2.24) is 14.1 Å². The molecule has 3 aromatic carbocycles. The van der Waals surface area contributed by atoms with Crippen molar-refractivity contribution in [2.75, 3.05) is 7.11 Å². The molecule has 0 saturated carbocycles. The van der Waals surface area contributed by atoms with E-state index in [0.29, 0.717) is 27.2 Å². The molecular formula is C25H18ClN3O5. The summed E-state index contributed by atoms with van der Waals surface area (Å²) in [6, 6.07) is 18.6. The van der Waals surface area contributed by atoms with E-state index < -0.39 is 17.2 Å². The zero-order chi connectivity index (χ0) is 24.0. The quantitative estimate of drug-likeness (QED) is 0.399. The second-order valence-corrected chi connectivity index (χ2v) is 8.15. The predicted octanol–water partition coefficient (Wildman–Crippen LogP) is 4.04. The molecule has 0 aliphatic heterocycles. The maximum absolute atomic E-state index is 13.4. The number of benzene rings is 3. The number of H-pyrrole nitrogens is 1. The summed E-state index contributed by atoms with van der Waals surface area (Å²) in [7, 11) is 1.55. The third-order valence-corrected chi connectivity index (χ3v) is 5.94. The molecule has 0 bridgehead atoms. The molecule has 2 aromatic heterocycles. The van der Waals surface area contributed by atoms with Crippen molar-refractivity contribution in [2.24, 2.45) is 0 Å². The van der Waals surface area contributed by atoms with Crippen LogP contribution in [0.2, 0.25) is 5.02 Å². The summed E-state index contributed by atoms with van der Waals surface area (Å²) in [5.74, 6) is -0.666. The van der Waals surface area contributed by atoms with Gasteiger partial charge in [0.25, 0.3) is 5.56 Å². The number of carbonyl (C=O) groups is 1. The minimum Gasteiger partial charge on any atom is -0.497 e. The van der Waals surface area contributed by atoms with Gasteiger partial charge in [-0.2, -0.15) is 0 Å². The number of carboxylic acids is 1. The van der Waals surface area contributed by atoms with Crippen LogP contribution in [0.4, 0.5) is 0 Å². The normalized spacial score (nSPS) is 11.2. The van der Waals surface area contributed by atoms with E-state index in [2.05, 4.69) is 4.98 Å². The van der Waals surface area contributed by atoms with Gasteiger partial charge in [0.1, 0.15) is 5.75 Å². The molecule has 0 radical (unpaired) electrons. The number of nitrogens with one attached hydrogen (secondary N) is 1. The molecule has 0 unspecified atom stereocenters. The molecular weight excluding hydrogens is 458 g/mol. The highest BCUT2D eigenvalue weighted by molar-refractivity contribution is 6.31. The topological polar surface area (TPSA) is 106 Å². The number of fused-ring (bicyclic) bond motifs is 2. The second-order valence-electron chi connectivity index (χ2n) is 7.72. The van der Waals surface area contributed by atoms with Crippen molar-refractivity contribution in [1.29, 1.82) is 0 Å². The number of ether oxygens (including phenoxy) is 1. The second kappa shape index (κ2) is 8.24. The van der Waals surface area contributed by atoms with Gasteiger partial charge in [-0.05, 0) is 48.0 Å². The number of para-hydroxylation sites is 1. The Morgan fingerprint density at radius 1 is 1.03 bits per heavy atom. The maximum atomic E-state index is 13.4. The van der Waals surface area contributed by atoms with Crippen molar-refractivity contribution >= 4 is 39.4 Å². The lowest BCUT2D eigenvalue weighted by Gasteiger charge is -2.11. The first-order valence-corrected chi connectivity index (χ1v) is 10.7. The van der Waals surface area contributed by atoms with Gasteiger partial charge >= 0.3 is 11.7 Å². The highest BCUT2D eigenvalue weighted by Crippen LogP contribution is 2.32. The first-order chi connectivity index (χ1) is 16.4. The van der Waals surface area contributed by atoms with Crippen LogP contribution in [0.15, 0.2) is 76.3 Å². The van der Waals surface area contributed by atoms with Gasteiger partial charge in [0, 0.05) is 17.0 Å². The average Bonchev–Trinajstić information content (AvgIpc) is 3.12. The number of aromatic nitrogens is 3. The van der Waals surface area contributed by atoms with Crippen LogP contribution < -0.4 is 16.0 Å². The Labute approximate surface area is 197 Å². The third-order valence-electron chi connectivity index (χ3n) is 5.71. The van der Waals surface area contributed by atoms with E-state index >= 15 is 0 Å². The van der Waals surface area contributed by atoms with Crippen LogP contribution in [-0.2, 0) is 6.54 Å². The van der Waals surface area contributed by atoms with E-state index in [0.717, 1.165) is 10.1 Å². The van der Waals surface area contributed by atoms with Gasteiger partial charge in [0.15, 0.2) is 5.69 Å². The van der Waals surface area contributed by atoms with Crippen molar-refractivity contribution in [3.8, 4) is 11.4 Å². The molecule has 170 valence electrons. The van der Waals surface area contributed by atoms with Crippen molar-refractivity contribution in [3.05, 3.63) is 104 Å². The molecule has 8 nitrogen and oxygen atoms in total. The molecule has 2 heterocycles. The Bertz CT molecular complexity index is 1710. The van der Waals surface area contributed by atoms with Crippen LogP contribution in [0.1, 0.15) is 16.1 Å². The number of methoxy groups -OCH3 is 1. The fourth-order valence-electron chi connectivity index (χ4n) is 4.24. The molecule has 34 heavy (non-hydrogen) atoms. The summed E-state index contributed by atoms with van der Waals surface area (Å²) in [6.07, 6.45) is 0. The summed E-state index contributed by atoms with van der Waals surface area (Å²) < 4.78 is 7.71. The van der Waals surface area contributed by atoms with Crippen LogP contribution in [0.25, 0.3) is 27.5 Å². The van der Waals surface area contributed by atoms with Gasteiger partial charge in [0.05, 0.1) is 29.2 Å². The van der Waals surface area contributed by atoms with Crippen LogP contribution in [0.5, 0.6) is 5.75 Å². The molecule has 0 aliphatic rings. The van der Waals surface area contributed by atoms with Gasteiger partial charge in [0.2, 0.25) is 0 Å². The number of hydrogen-bond donors (Lipinski definition) is 2. The largest absolute Gasteiger partial charge is 0.497 e. The van der Waals surface area contributed by atoms with Gasteiger partial charge in [-0.25, -0.2) is 14.2 Å². The van der Waals surface area contributed by atoms with E-state index in [9.17, 15) is 19.5 Å². The van der Waals surface area contributed by atoms with Crippen LogP contribution in [0, 0.1) is 0 Å². The Morgan fingerprint density at radius 3 is 2.59 bits per heavy atom. The summed E-state index contributed by atoms with van der Waals surface area (Å²) in [4.78, 5) is 41.7. The zero-order valence-corrected chi connectivity index (χ0v) is 18.7. The Balaban J connectivity index is 1.88. The molecule has 0 fully saturated rings. The minimum atomic E-state index is -1.29. The molecule has 5 rings (SSSR count). The SMILES string of the molecule is COc1cccc(Cn2c(C(=O)O)c(-n3c(=O)[nH]c4ccccc4c3=O)c3cc(Cl)ccc32)c1. The zero-order valence-electron chi connectivity index (χ0n) is 17.9. The smallest absolute Gasteiger partial charge is 0.354 e. The molecule has 5 aromatic rings. The lowest BCUT2D eigenvalue weighted by Crippen LogP contribution is -2.34. The maximum Gasteiger partial charge on any atom is 0.354 e. The third kappa shape index (κ3) is 3.45. The predicted molar refractivity (Wildman–Crippen MR) is 130 cm³/mol. The minimum absolute atomic E-state index is 0.0371. The van der Waals surface area contributed by atoms with Crippen LogP contribution in [-0.4, -0.2) is 32.3 Å². The van der Waals surface area contributed by atoms with E-state index in [1.165, 1.54) is 0 Å². The van der Waals surface area contributed by atoms with E-state index in [1.807, 2.05) is 6.07 Å². The number of aromatic amines is 1. The number of hydrogen-bond acceptors (Lipinski definition) is 4. The highest BCUT2D eigenvalue weighted by atomic mass is 35.5. The fraction of sp³-hybridized carbons (Fsp3) is 0.0800. The van der Waals surface area contributed by atoms with Crippen molar-refractivity contribution in [2.45, 2.75) is 6.54 Å². The first-order valence-electron chi connectivity index (χ1n) is 10.3. The van der Waals surface area contributed by atoms with Gasteiger partial charge in [-0.3, -0.25) is 4.79 Å². The summed E-state index contributed by atoms with van der Waals surface area (Å²) in [5.41, 5.74) is 0.0459. The average molecular weight is 476 g/mol. The van der Waals surface area contributed by atoms with Crippen molar-refractivity contribution < 1.29 is 14.6 Å². The lowest BCUT2D eigenvalue weighted by atomic mass is 10.2. The van der Waals surface area contributed by atoms with Crippen LogP contribution >= 0.6 is 11.6 Å². The number of carboxylic acid groups (broad SMARTS) is 1.